The van der Waals surface area contributed by atoms with E-state index in [1.54, 1.807) is 36.4 Å². The predicted molar refractivity (Wildman–Crippen MR) is 86.5 cm³/mol. The molecule has 7 heteroatoms. The quantitative estimate of drug-likeness (QED) is 0.770. The number of methoxy groups -OCH3 is 3. The van der Waals surface area contributed by atoms with E-state index >= 15 is 0 Å². The zero-order chi connectivity index (χ0) is 17.1. The van der Waals surface area contributed by atoms with Gasteiger partial charge < -0.3 is 23.8 Å². The second kappa shape index (κ2) is 6.49. The van der Waals surface area contributed by atoms with Gasteiger partial charge in [0.25, 0.3) is 5.89 Å². The SMILES string of the molecule is COc1cc(-c2noc(-c3cccc(O)c3)n2)cc(OC)c1OC. The molecular formula is C17H16N2O5. The lowest BCUT2D eigenvalue weighted by molar-refractivity contribution is 0.324. The van der Waals surface area contributed by atoms with Crippen LogP contribution in [0.4, 0.5) is 0 Å². The molecule has 0 spiro atoms. The average molecular weight is 328 g/mol. The van der Waals surface area contributed by atoms with E-state index in [4.69, 9.17) is 18.7 Å². The Morgan fingerprint density at radius 3 is 2.21 bits per heavy atom. The molecule has 24 heavy (non-hydrogen) atoms. The van der Waals surface area contributed by atoms with E-state index in [1.165, 1.54) is 21.3 Å². The van der Waals surface area contributed by atoms with Crippen molar-refractivity contribution in [3.05, 3.63) is 36.4 Å². The molecule has 3 aromatic rings. The molecule has 0 atom stereocenters. The highest BCUT2D eigenvalue weighted by Crippen LogP contribution is 2.40. The zero-order valence-corrected chi connectivity index (χ0v) is 13.4. The van der Waals surface area contributed by atoms with Crippen LogP contribution in [0, 0.1) is 0 Å². The van der Waals surface area contributed by atoms with Gasteiger partial charge >= 0.3 is 0 Å². The van der Waals surface area contributed by atoms with Crippen LogP contribution in [0.15, 0.2) is 40.9 Å². The number of nitrogens with zero attached hydrogens (tertiary/aromatic N) is 2. The standard InChI is InChI=1S/C17H16N2O5/c1-21-13-8-11(9-14(22-2)15(13)23-3)16-18-17(24-19-16)10-5-4-6-12(20)7-10/h4-9,20H,1-3H3. The van der Waals surface area contributed by atoms with Crippen molar-refractivity contribution in [2.24, 2.45) is 0 Å². The van der Waals surface area contributed by atoms with Gasteiger partial charge in [-0.1, -0.05) is 11.2 Å². The van der Waals surface area contributed by atoms with Crippen LogP contribution < -0.4 is 14.2 Å². The Kier molecular flexibility index (Phi) is 4.24. The highest BCUT2D eigenvalue weighted by molar-refractivity contribution is 5.68. The number of aromatic nitrogens is 2. The summed E-state index contributed by atoms with van der Waals surface area (Å²) in [5, 5.41) is 13.5. The Morgan fingerprint density at radius 2 is 1.62 bits per heavy atom. The Labute approximate surface area is 138 Å². The first-order valence-electron chi connectivity index (χ1n) is 7.09. The Hall–Kier alpha value is -3.22. The van der Waals surface area contributed by atoms with E-state index in [0.717, 1.165) is 0 Å². The number of ether oxygens (including phenoxy) is 3. The molecule has 0 aliphatic carbocycles. The maximum Gasteiger partial charge on any atom is 0.258 e. The van der Waals surface area contributed by atoms with Gasteiger partial charge in [-0.15, -0.1) is 0 Å². The van der Waals surface area contributed by atoms with Crippen LogP contribution in [-0.4, -0.2) is 36.6 Å². The van der Waals surface area contributed by atoms with E-state index in [1.807, 2.05) is 0 Å². The summed E-state index contributed by atoms with van der Waals surface area (Å²) in [6.07, 6.45) is 0. The molecule has 124 valence electrons. The van der Waals surface area contributed by atoms with Crippen LogP contribution >= 0.6 is 0 Å². The second-order valence-corrected chi connectivity index (χ2v) is 4.89. The maximum atomic E-state index is 9.56. The maximum absolute atomic E-state index is 9.56. The topological polar surface area (TPSA) is 86.8 Å². The third-order valence-electron chi connectivity index (χ3n) is 3.44. The summed E-state index contributed by atoms with van der Waals surface area (Å²) in [7, 11) is 4.61. The lowest BCUT2D eigenvalue weighted by Crippen LogP contribution is -1.96. The minimum absolute atomic E-state index is 0.125. The molecular weight excluding hydrogens is 312 g/mol. The molecule has 1 aromatic heterocycles. The number of rotatable bonds is 5. The van der Waals surface area contributed by atoms with Gasteiger partial charge in [0.2, 0.25) is 11.6 Å². The molecule has 2 aromatic carbocycles. The lowest BCUT2D eigenvalue weighted by Gasteiger charge is -2.12. The van der Waals surface area contributed by atoms with Gasteiger partial charge in [-0.05, 0) is 30.3 Å². The first kappa shape index (κ1) is 15.7. The van der Waals surface area contributed by atoms with E-state index in [-0.39, 0.29) is 5.75 Å². The highest BCUT2D eigenvalue weighted by atomic mass is 16.5. The molecule has 3 rings (SSSR count). The Balaban J connectivity index is 2.04. The van der Waals surface area contributed by atoms with Crippen LogP contribution in [0.25, 0.3) is 22.8 Å². The lowest BCUT2D eigenvalue weighted by atomic mass is 10.1. The molecule has 7 nitrogen and oxygen atoms in total. The van der Waals surface area contributed by atoms with Crippen molar-refractivity contribution >= 4 is 0 Å². The van der Waals surface area contributed by atoms with Gasteiger partial charge in [0.05, 0.1) is 21.3 Å². The van der Waals surface area contributed by atoms with Crippen molar-refractivity contribution in [3.8, 4) is 45.8 Å². The minimum Gasteiger partial charge on any atom is -0.508 e. The minimum atomic E-state index is 0.125. The third kappa shape index (κ3) is 2.83. The summed E-state index contributed by atoms with van der Waals surface area (Å²) < 4.78 is 21.2. The van der Waals surface area contributed by atoms with Crippen molar-refractivity contribution in [2.45, 2.75) is 0 Å². The summed E-state index contributed by atoms with van der Waals surface area (Å²) in [4.78, 5) is 4.36. The van der Waals surface area contributed by atoms with Crippen LogP contribution in [-0.2, 0) is 0 Å². The monoisotopic (exact) mass is 328 g/mol. The van der Waals surface area contributed by atoms with Gasteiger partial charge in [-0.3, -0.25) is 0 Å². The summed E-state index contributed by atoms with van der Waals surface area (Å²) in [5.41, 5.74) is 1.28. The fourth-order valence-corrected chi connectivity index (χ4v) is 2.31. The number of hydrogen-bond acceptors (Lipinski definition) is 7. The molecule has 0 radical (unpaired) electrons. The van der Waals surface area contributed by atoms with Crippen molar-refractivity contribution in [1.82, 2.24) is 10.1 Å². The molecule has 0 saturated heterocycles. The van der Waals surface area contributed by atoms with Gasteiger partial charge in [0.1, 0.15) is 5.75 Å². The van der Waals surface area contributed by atoms with Crippen LogP contribution in [0.3, 0.4) is 0 Å². The molecule has 0 unspecified atom stereocenters. The first-order chi connectivity index (χ1) is 11.7. The fraction of sp³-hybridized carbons (Fsp3) is 0.176. The van der Waals surface area contributed by atoms with Crippen molar-refractivity contribution < 1.29 is 23.8 Å². The van der Waals surface area contributed by atoms with Gasteiger partial charge in [0, 0.05) is 11.1 Å². The summed E-state index contributed by atoms with van der Waals surface area (Å²) in [6, 6.07) is 10.1. The molecule has 0 aliphatic heterocycles. The molecule has 0 bridgehead atoms. The summed E-state index contributed by atoms with van der Waals surface area (Å²) in [5.74, 6) is 2.27. The molecule has 0 saturated carbocycles. The van der Waals surface area contributed by atoms with Crippen LogP contribution in [0.1, 0.15) is 0 Å². The van der Waals surface area contributed by atoms with E-state index in [0.29, 0.717) is 40.1 Å². The highest BCUT2D eigenvalue weighted by Gasteiger charge is 2.17. The van der Waals surface area contributed by atoms with Gasteiger partial charge in [0.15, 0.2) is 11.5 Å². The van der Waals surface area contributed by atoms with Gasteiger partial charge in [-0.25, -0.2) is 0 Å². The molecule has 0 amide bonds. The fourth-order valence-electron chi connectivity index (χ4n) is 2.31. The molecule has 0 fully saturated rings. The third-order valence-corrected chi connectivity index (χ3v) is 3.44. The van der Waals surface area contributed by atoms with Crippen LogP contribution in [0.5, 0.6) is 23.0 Å². The number of phenolic OH excluding ortho intramolecular Hbond substituents is 1. The van der Waals surface area contributed by atoms with Crippen molar-refractivity contribution in [1.29, 1.82) is 0 Å². The van der Waals surface area contributed by atoms with Crippen molar-refractivity contribution in [2.75, 3.05) is 21.3 Å². The predicted octanol–water partition coefficient (Wildman–Crippen LogP) is 3.14. The number of phenols is 1. The molecule has 1 N–H and O–H groups in total. The normalized spacial score (nSPS) is 10.5. The smallest absolute Gasteiger partial charge is 0.258 e. The average Bonchev–Trinajstić information content (AvgIpc) is 3.10. The number of aromatic hydroxyl groups is 1. The van der Waals surface area contributed by atoms with E-state index in [9.17, 15) is 5.11 Å². The van der Waals surface area contributed by atoms with Gasteiger partial charge in [-0.2, -0.15) is 4.98 Å². The first-order valence-corrected chi connectivity index (χ1v) is 7.09. The molecule has 1 heterocycles. The summed E-state index contributed by atoms with van der Waals surface area (Å²) in [6.45, 7) is 0. The van der Waals surface area contributed by atoms with Crippen LogP contribution in [0.2, 0.25) is 0 Å². The second-order valence-electron chi connectivity index (χ2n) is 4.89. The summed E-state index contributed by atoms with van der Waals surface area (Å²) >= 11 is 0. The van der Waals surface area contributed by atoms with Crippen molar-refractivity contribution in [3.63, 3.8) is 0 Å². The number of hydrogen-bond donors (Lipinski definition) is 1. The van der Waals surface area contributed by atoms with E-state index in [2.05, 4.69) is 10.1 Å². The zero-order valence-electron chi connectivity index (χ0n) is 13.4. The Bertz CT molecular complexity index is 835. The molecule has 0 aliphatic rings. The van der Waals surface area contributed by atoms with E-state index < -0.39 is 0 Å². The number of benzene rings is 2. The Morgan fingerprint density at radius 1 is 0.917 bits per heavy atom. The largest absolute Gasteiger partial charge is 0.508 e.